The van der Waals surface area contributed by atoms with E-state index >= 15 is 0 Å². The van der Waals surface area contributed by atoms with Gasteiger partial charge in [-0.15, -0.1) is 0 Å². The first-order valence-electron chi connectivity index (χ1n) is 8.08. The van der Waals surface area contributed by atoms with E-state index in [0.29, 0.717) is 28.0 Å². The lowest BCUT2D eigenvalue weighted by Gasteiger charge is -2.17. The lowest BCUT2D eigenvalue weighted by Crippen LogP contribution is -2.31. The molecule has 1 aliphatic rings. The topological polar surface area (TPSA) is 75.0 Å². The third-order valence-corrected chi connectivity index (χ3v) is 4.57. The largest absolute Gasteiger partial charge is 0.497 e. The van der Waals surface area contributed by atoms with Gasteiger partial charge in [0.2, 0.25) is 6.10 Å². The van der Waals surface area contributed by atoms with E-state index in [-0.39, 0.29) is 0 Å². The number of benzene rings is 2. The van der Waals surface area contributed by atoms with Crippen molar-refractivity contribution in [1.29, 1.82) is 0 Å². The number of methoxy groups -OCH3 is 2. The average molecular weight is 352 g/mol. The Kier molecular flexibility index (Phi) is 3.88. The van der Waals surface area contributed by atoms with Crippen molar-refractivity contribution in [3.05, 3.63) is 70.1 Å². The third kappa shape index (κ3) is 2.42. The van der Waals surface area contributed by atoms with Gasteiger partial charge in [-0.25, -0.2) is 9.59 Å². The maximum Gasteiger partial charge on any atom is 0.348 e. The summed E-state index contributed by atoms with van der Waals surface area (Å²) in [5.41, 5.74) is 0.952. The molecule has 2 heterocycles. The summed E-state index contributed by atoms with van der Waals surface area (Å²) in [6.45, 7) is 0. The Labute approximate surface area is 148 Å². The standard InChI is InChI=1S/C20H16O6/c1-23-12-9-7-11(8-10-12)15-16-17(26-18(15)20(22)24-2)13-5-3-4-6-14(13)25-19(16)21/h3-10,15,18H,1-2H3. The first kappa shape index (κ1) is 16.2. The summed E-state index contributed by atoms with van der Waals surface area (Å²) in [6.07, 6.45) is -0.961. The summed E-state index contributed by atoms with van der Waals surface area (Å²) in [5.74, 6) is -0.129. The SMILES string of the molecule is COC(=O)C1Oc2c(c(=O)oc3ccccc23)C1c1ccc(OC)cc1. The van der Waals surface area contributed by atoms with Crippen molar-refractivity contribution in [3.8, 4) is 11.5 Å². The Morgan fingerprint density at radius 2 is 1.77 bits per heavy atom. The van der Waals surface area contributed by atoms with Crippen LogP contribution in [0.25, 0.3) is 11.0 Å². The third-order valence-electron chi connectivity index (χ3n) is 4.57. The lowest BCUT2D eigenvalue weighted by molar-refractivity contribution is -0.148. The van der Waals surface area contributed by atoms with Crippen LogP contribution in [-0.2, 0) is 9.53 Å². The maximum atomic E-state index is 12.7. The van der Waals surface area contributed by atoms with Gasteiger partial charge in [-0.3, -0.25) is 0 Å². The van der Waals surface area contributed by atoms with E-state index in [2.05, 4.69) is 0 Å². The average Bonchev–Trinajstić information content (AvgIpc) is 3.09. The quantitative estimate of drug-likeness (QED) is 0.533. The number of hydrogen-bond donors (Lipinski definition) is 0. The van der Waals surface area contributed by atoms with E-state index in [0.717, 1.165) is 5.56 Å². The summed E-state index contributed by atoms with van der Waals surface area (Å²) in [4.78, 5) is 25.0. The summed E-state index contributed by atoms with van der Waals surface area (Å²) >= 11 is 0. The van der Waals surface area contributed by atoms with Crippen LogP contribution in [0, 0.1) is 0 Å². The normalized spacial score (nSPS) is 18.2. The summed E-state index contributed by atoms with van der Waals surface area (Å²) in [6, 6.07) is 14.2. The van der Waals surface area contributed by atoms with E-state index in [4.69, 9.17) is 18.6 Å². The highest BCUT2D eigenvalue weighted by atomic mass is 16.6. The second-order valence-electron chi connectivity index (χ2n) is 5.94. The predicted octanol–water partition coefficient (Wildman–Crippen LogP) is 2.87. The molecule has 2 atom stereocenters. The van der Waals surface area contributed by atoms with E-state index < -0.39 is 23.6 Å². The molecule has 26 heavy (non-hydrogen) atoms. The molecule has 1 aliphatic heterocycles. The molecule has 3 aromatic rings. The van der Waals surface area contributed by atoms with Gasteiger partial charge in [0.15, 0.2) is 0 Å². The lowest BCUT2D eigenvalue weighted by atomic mass is 9.88. The van der Waals surface area contributed by atoms with Gasteiger partial charge in [-0.05, 0) is 29.8 Å². The summed E-state index contributed by atoms with van der Waals surface area (Å²) in [5, 5.41) is 0.645. The minimum absolute atomic E-state index is 0.323. The van der Waals surface area contributed by atoms with Crippen LogP contribution in [-0.4, -0.2) is 26.3 Å². The Hall–Kier alpha value is -3.28. The van der Waals surface area contributed by atoms with Crippen molar-refractivity contribution >= 4 is 16.9 Å². The van der Waals surface area contributed by atoms with E-state index in [1.807, 2.05) is 6.07 Å². The van der Waals surface area contributed by atoms with Crippen LogP contribution >= 0.6 is 0 Å². The first-order chi connectivity index (χ1) is 12.6. The molecule has 132 valence electrons. The van der Waals surface area contributed by atoms with Gasteiger partial charge in [0, 0.05) is 0 Å². The van der Waals surface area contributed by atoms with Crippen molar-refractivity contribution in [2.75, 3.05) is 14.2 Å². The van der Waals surface area contributed by atoms with Crippen LogP contribution in [0.1, 0.15) is 17.0 Å². The minimum atomic E-state index is -0.961. The number of hydrogen-bond acceptors (Lipinski definition) is 6. The number of carbonyl (C=O) groups is 1. The predicted molar refractivity (Wildman–Crippen MR) is 93.8 cm³/mol. The summed E-state index contributed by atoms with van der Waals surface area (Å²) < 4.78 is 21.4. The molecule has 0 aliphatic carbocycles. The van der Waals surface area contributed by atoms with Gasteiger partial charge in [-0.2, -0.15) is 0 Å². The molecule has 0 N–H and O–H groups in total. The minimum Gasteiger partial charge on any atom is -0.497 e. The molecule has 1 aromatic heterocycles. The fourth-order valence-electron chi connectivity index (χ4n) is 3.33. The molecule has 0 fully saturated rings. The first-order valence-corrected chi connectivity index (χ1v) is 8.08. The highest BCUT2D eigenvalue weighted by molar-refractivity contribution is 5.88. The van der Waals surface area contributed by atoms with Crippen molar-refractivity contribution in [3.63, 3.8) is 0 Å². The second kappa shape index (κ2) is 6.22. The number of ether oxygens (including phenoxy) is 3. The zero-order valence-corrected chi connectivity index (χ0v) is 14.2. The van der Waals surface area contributed by atoms with Crippen LogP contribution in [0.15, 0.2) is 57.7 Å². The highest BCUT2D eigenvalue weighted by Crippen LogP contribution is 2.44. The van der Waals surface area contributed by atoms with E-state index in [1.54, 1.807) is 49.6 Å². The van der Waals surface area contributed by atoms with Gasteiger partial charge in [0.25, 0.3) is 0 Å². The van der Waals surface area contributed by atoms with Crippen molar-refractivity contribution < 1.29 is 23.4 Å². The molecule has 0 saturated carbocycles. The number of esters is 1. The highest BCUT2D eigenvalue weighted by Gasteiger charge is 2.44. The van der Waals surface area contributed by atoms with Gasteiger partial charge in [-0.1, -0.05) is 24.3 Å². The molecule has 6 heteroatoms. The maximum absolute atomic E-state index is 12.7. The molecule has 2 aromatic carbocycles. The van der Waals surface area contributed by atoms with Crippen LogP contribution < -0.4 is 15.1 Å². The van der Waals surface area contributed by atoms with Gasteiger partial charge >= 0.3 is 11.6 Å². The molecule has 0 amide bonds. The molecule has 6 nitrogen and oxygen atoms in total. The van der Waals surface area contributed by atoms with Gasteiger partial charge < -0.3 is 18.6 Å². The number of fused-ring (bicyclic) bond motifs is 3. The molecule has 0 bridgehead atoms. The molecule has 4 rings (SSSR count). The van der Waals surface area contributed by atoms with Gasteiger partial charge in [0.1, 0.15) is 17.1 Å². The van der Waals surface area contributed by atoms with Crippen LogP contribution in [0.2, 0.25) is 0 Å². The fourth-order valence-corrected chi connectivity index (χ4v) is 3.33. The Morgan fingerprint density at radius 1 is 1.04 bits per heavy atom. The summed E-state index contributed by atoms with van der Waals surface area (Å²) in [7, 11) is 2.86. The van der Waals surface area contributed by atoms with Crippen molar-refractivity contribution in [1.82, 2.24) is 0 Å². The van der Waals surface area contributed by atoms with E-state index in [9.17, 15) is 9.59 Å². The molecular formula is C20H16O6. The number of para-hydroxylation sites is 1. The van der Waals surface area contributed by atoms with Crippen LogP contribution in [0.3, 0.4) is 0 Å². The zero-order chi connectivity index (χ0) is 18.3. The number of rotatable bonds is 3. The zero-order valence-electron chi connectivity index (χ0n) is 14.2. The Bertz CT molecular complexity index is 1030. The van der Waals surface area contributed by atoms with Crippen molar-refractivity contribution in [2.45, 2.75) is 12.0 Å². The second-order valence-corrected chi connectivity index (χ2v) is 5.94. The Balaban J connectivity index is 1.95. The Morgan fingerprint density at radius 3 is 2.46 bits per heavy atom. The van der Waals surface area contributed by atoms with Crippen molar-refractivity contribution in [2.24, 2.45) is 0 Å². The molecular weight excluding hydrogens is 336 g/mol. The van der Waals surface area contributed by atoms with Gasteiger partial charge in [0.05, 0.1) is 31.1 Å². The smallest absolute Gasteiger partial charge is 0.348 e. The number of carbonyl (C=O) groups excluding carboxylic acids is 1. The molecule has 0 radical (unpaired) electrons. The van der Waals surface area contributed by atoms with Crippen LogP contribution in [0.4, 0.5) is 0 Å². The van der Waals surface area contributed by atoms with Crippen LogP contribution in [0.5, 0.6) is 11.5 Å². The molecule has 0 spiro atoms. The molecule has 0 saturated heterocycles. The molecule has 2 unspecified atom stereocenters. The monoisotopic (exact) mass is 352 g/mol. The van der Waals surface area contributed by atoms with E-state index in [1.165, 1.54) is 7.11 Å². The fraction of sp³-hybridized carbons (Fsp3) is 0.200.